The van der Waals surface area contributed by atoms with Gasteiger partial charge in [0.05, 0.1) is 5.69 Å². The molecular formula is C21H14IN3. The lowest BCUT2D eigenvalue weighted by Crippen LogP contribution is -1.90. The monoisotopic (exact) mass is 435 g/mol. The molecule has 0 saturated carbocycles. The van der Waals surface area contributed by atoms with Crippen molar-refractivity contribution in [2.24, 2.45) is 0 Å². The molecule has 0 aliphatic heterocycles. The molecule has 0 radical (unpaired) electrons. The van der Waals surface area contributed by atoms with E-state index in [4.69, 9.17) is 0 Å². The average molecular weight is 435 g/mol. The van der Waals surface area contributed by atoms with E-state index in [9.17, 15) is 0 Å². The van der Waals surface area contributed by atoms with Crippen LogP contribution in [-0.4, -0.2) is 15.0 Å². The molecule has 0 fully saturated rings. The first-order valence-electron chi connectivity index (χ1n) is 7.88. The number of benzene rings is 1. The van der Waals surface area contributed by atoms with E-state index in [0.717, 1.165) is 37.2 Å². The molecule has 25 heavy (non-hydrogen) atoms. The number of hydrogen-bond acceptors (Lipinski definition) is 3. The Hall–Kier alpha value is -2.60. The number of pyridine rings is 3. The molecule has 120 valence electrons. The van der Waals surface area contributed by atoms with Gasteiger partial charge in [0.2, 0.25) is 0 Å². The van der Waals surface area contributed by atoms with Gasteiger partial charge in [0.1, 0.15) is 3.70 Å². The molecular weight excluding hydrogens is 421 g/mol. The number of nitrogens with zero attached hydrogens (tertiary/aromatic N) is 3. The predicted octanol–water partition coefficient (Wildman–Crippen LogP) is 5.48. The van der Waals surface area contributed by atoms with Crippen LogP contribution in [0.2, 0.25) is 0 Å². The SMILES string of the molecule is Ic1cccc(-c2cc(-c3cccnc3)cc(-c3cccnc3)c2)n1. The minimum atomic E-state index is 0.961. The summed E-state index contributed by atoms with van der Waals surface area (Å²) < 4.78 is 0.977. The molecule has 0 atom stereocenters. The standard InChI is InChI=1S/C21H14IN3/c22-21-7-1-6-20(25-21)19-11-17(15-4-2-8-23-13-15)10-18(12-19)16-5-3-9-24-14-16/h1-14H. The maximum Gasteiger partial charge on any atom is 0.102 e. The van der Waals surface area contributed by atoms with Gasteiger partial charge in [0.15, 0.2) is 0 Å². The van der Waals surface area contributed by atoms with Crippen LogP contribution in [0.5, 0.6) is 0 Å². The minimum absolute atomic E-state index is 0.961. The van der Waals surface area contributed by atoms with Crippen LogP contribution in [0.1, 0.15) is 0 Å². The first kappa shape index (κ1) is 15.9. The first-order valence-corrected chi connectivity index (χ1v) is 8.96. The van der Waals surface area contributed by atoms with Crippen molar-refractivity contribution in [3.63, 3.8) is 0 Å². The zero-order valence-corrected chi connectivity index (χ0v) is 15.5. The van der Waals surface area contributed by atoms with Crippen molar-refractivity contribution >= 4 is 22.6 Å². The molecule has 4 aromatic rings. The first-order chi connectivity index (χ1) is 12.3. The molecule has 3 nitrogen and oxygen atoms in total. The van der Waals surface area contributed by atoms with E-state index in [1.807, 2.05) is 42.7 Å². The van der Waals surface area contributed by atoms with Crippen LogP contribution in [0.15, 0.2) is 85.5 Å². The van der Waals surface area contributed by atoms with Crippen LogP contribution < -0.4 is 0 Å². The van der Waals surface area contributed by atoms with E-state index in [2.05, 4.69) is 67.9 Å². The zero-order chi connectivity index (χ0) is 17.1. The molecule has 0 unspecified atom stereocenters. The van der Waals surface area contributed by atoms with Crippen LogP contribution in [0.25, 0.3) is 33.5 Å². The second-order valence-corrected chi connectivity index (χ2v) is 6.73. The van der Waals surface area contributed by atoms with Crippen LogP contribution >= 0.6 is 22.6 Å². The molecule has 0 spiro atoms. The fourth-order valence-electron chi connectivity index (χ4n) is 2.74. The summed E-state index contributed by atoms with van der Waals surface area (Å²) >= 11 is 2.24. The summed E-state index contributed by atoms with van der Waals surface area (Å²) in [5.41, 5.74) is 6.44. The fourth-order valence-corrected chi connectivity index (χ4v) is 3.21. The summed E-state index contributed by atoms with van der Waals surface area (Å²) in [6, 6.07) is 20.6. The van der Waals surface area contributed by atoms with Gasteiger partial charge in [0, 0.05) is 41.5 Å². The molecule has 3 heterocycles. The summed E-state index contributed by atoms with van der Waals surface area (Å²) in [5.74, 6) is 0. The van der Waals surface area contributed by atoms with E-state index in [1.165, 1.54) is 0 Å². The van der Waals surface area contributed by atoms with Crippen LogP contribution in [-0.2, 0) is 0 Å². The summed E-state index contributed by atoms with van der Waals surface area (Å²) in [7, 11) is 0. The molecule has 1 aromatic carbocycles. The summed E-state index contributed by atoms with van der Waals surface area (Å²) in [4.78, 5) is 13.2. The van der Waals surface area contributed by atoms with Gasteiger partial charge in [-0.2, -0.15) is 0 Å². The fraction of sp³-hybridized carbons (Fsp3) is 0. The highest BCUT2D eigenvalue weighted by molar-refractivity contribution is 14.1. The van der Waals surface area contributed by atoms with Gasteiger partial charge in [-0.3, -0.25) is 9.97 Å². The van der Waals surface area contributed by atoms with Gasteiger partial charge in [-0.15, -0.1) is 0 Å². The Labute approximate surface area is 160 Å². The average Bonchev–Trinajstić information content (AvgIpc) is 2.69. The Kier molecular flexibility index (Phi) is 4.52. The number of rotatable bonds is 3. The number of aromatic nitrogens is 3. The van der Waals surface area contributed by atoms with Crippen LogP contribution in [0.4, 0.5) is 0 Å². The molecule has 0 bridgehead atoms. The van der Waals surface area contributed by atoms with Gasteiger partial charge < -0.3 is 0 Å². The van der Waals surface area contributed by atoms with E-state index in [0.29, 0.717) is 0 Å². The maximum absolute atomic E-state index is 4.67. The third kappa shape index (κ3) is 3.58. The Morgan fingerprint density at radius 3 is 1.72 bits per heavy atom. The predicted molar refractivity (Wildman–Crippen MR) is 109 cm³/mol. The Balaban J connectivity index is 1.92. The van der Waals surface area contributed by atoms with E-state index in [1.54, 1.807) is 12.4 Å². The lowest BCUT2D eigenvalue weighted by Gasteiger charge is -2.10. The van der Waals surface area contributed by atoms with Crippen molar-refractivity contribution < 1.29 is 0 Å². The van der Waals surface area contributed by atoms with Crippen molar-refractivity contribution in [1.82, 2.24) is 15.0 Å². The summed E-state index contributed by atoms with van der Waals surface area (Å²) in [5, 5.41) is 0. The van der Waals surface area contributed by atoms with Crippen LogP contribution in [0.3, 0.4) is 0 Å². The van der Waals surface area contributed by atoms with Crippen molar-refractivity contribution in [1.29, 1.82) is 0 Å². The second-order valence-electron chi connectivity index (χ2n) is 5.63. The maximum atomic E-state index is 4.67. The smallest absolute Gasteiger partial charge is 0.102 e. The molecule has 0 amide bonds. The van der Waals surface area contributed by atoms with E-state index >= 15 is 0 Å². The Morgan fingerprint density at radius 2 is 1.20 bits per heavy atom. The van der Waals surface area contributed by atoms with Crippen molar-refractivity contribution in [3.05, 3.63) is 89.2 Å². The molecule has 0 aliphatic carbocycles. The third-order valence-corrected chi connectivity index (χ3v) is 4.53. The van der Waals surface area contributed by atoms with Gasteiger partial charge in [-0.25, -0.2) is 4.98 Å². The minimum Gasteiger partial charge on any atom is -0.264 e. The topological polar surface area (TPSA) is 38.7 Å². The van der Waals surface area contributed by atoms with Crippen LogP contribution in [0, 0.1) is 3.70 Å². The van der Waals surface area contributed by atoms with Gasteiger partial charge in [0.25, 0.3) is 0 Å². The van der Waals surface area contributed by atoms with Crippen molar-refractivity contribution in [2.75, 3.05) is 0 Å². The van der Waals surface area contributed by atoms with E-state index in [-0.39, 0.29) is 0 Å². The van der Waals surface area contributed by atoms with Gasteiger partial charge in [-0.1, -0.05) is 18.2 Å². The Bertz CT molecular complexity index is 944. The van der Waals surface area contributed by atoms with E-state index < -0.39 is 0 Å². The summed E-state index contributed by atoms with van der Waals surface area (Å²) in [6.45, 7) is 0. The largest absolute Gasteiger partial charge is 0.264 e. The number of halogens is 1. The highest BCUT2D eigenvalue weighted by Crippen LogP contribution is 2.31. The highest BCUT2D eigenvalue weighted by Gasteiger charge is 2.08. The molecule has 3 aromatic heterocycles. The molecule has 0 N–H and O–H groups in total. The zero-order valence-electron chi connectivity index (χ0n) is 13.3. The lowest BCUT2D eigenvalue weighted by atomic mass is 9.96. The second kappa shape index (κ2) is 7.11. The normalized spacial score (nSPS) is 10.6. The highest BCUT2D eigenvalue weighted by atomic mass is 127. The number of hydrogen-bond donors (Lipinski definition) is 0. The third-order valence-electron chi connectivity index (χ3n) is 3.93. The van der Waals surface area contributed by atoms with Crippen molar-refractivity contribution in [3.8, 4) is 33.5 Å². The summed E-state index contributed by atoms with van der Waals surface area (Å²) in [6.07, 6.45) is 7.34. The van der Waals surface area contributed by atoms with Crippen molar-refractivity contribution in [2.45, 2.75) is 0 Å². The molecule has 0 aliphatic rings. The molecule has 4 rings (SSSR count). The molecule has 0 saturated heterocycles. The lowest BCUT2D eigenvalue weighted by molar-refractivity contribution is 1.27. The molecule has 4 heteroatoms. The Morgan fingerprint density at radius 1 is 0.600 bits per heavy atom. The van der Waals surface area contributed by atoms with Gasteiger partial charge in [-0.05, 0) is 76.2 Å². The van der Waals surface area contributed by atoms with Gasteiger partial charge >= 0.3 is 0 Å². The quantitative estimate of drug-likeness (QED) is 0.316.